The topological polar surface area (TPSA) is 33.7 Å². The van der Waals surface area contributed by atoms with Gasteiger partial charge in [-0.15, -0.1) is 0 Å². The van der Waals surface area contributed by atoms with Gasteiger partial charge in [0.2, 0.25) is 0 Å². The van der Waals surface area contributed by atoms with Gasteiger partial charge in [0.25, 0.3) is 0 Å². The maximum absolute atomic E-state index is 6.03. The van der Waals surface area contributed by atoms with Crippen LogP contribution in [-0.2, 0) is 0 Å². The average Bonchev–Trinajstić information content (AvgIpc) is 2.61. The molecule has 1 atom stereocenters. The van der Waals surface area contributed by atoms with Crippen LogP contribution in [0.3, 0.4) is 0 Å². The highest BCUT2D eigenvalue weighted by Crippen LogP contribution is 2.31. The van der Waals surface area contributed by atoms with Crippen molar-refractivity contribution in [1.82, 2.24) is 4.90 Å². The molecular weight excluding hydrogens is 320 g/mol. The molecule has 5 heteroatoms. The molecule has 1 aliphatic heterocycles. The molecule has 0 saturated heterocycles. The number of nitrogens with zero attached hydrogens (tertiary/aromatic N) is 1. The van der Waals surface area contributed by atoms with Crippen molar-refractivity contribution in [2.24, 2.45) is 0 Å². The Morgan fingerprint density at radius 1 is 1.17 bits per heavy atom. The summed E-state index contributed by atoms with van der Waals surface area (Å²) in [6, 6.07) is 15.9. The molecule has 3 rings (SSSR count). The number of anilines is 1. The molecule has 126 valence electrons. The predicted octanol–water partition coefficient (Wildman–Crippen LogP) is 3.85. The van der Waals surface area contributed by atoms with Gasteiger partial charge in [-0.1, -0.05) is 30.3 Å². The van der Waals surface area contributed by atoms with E-state index in [1.165, 1.54) is 5.56 Å². The molecule has 0 spiro atoms. The summed E-state index contributed by atoms with van der Waals surface area (Å²) in [6.45, 7) is 6.17. The number of rotatable bonds is 4. The van der Waals surface area contributed by atoms with Crippen LogP contribution in [-0.4, -0.2) is 35.8 Å². The van der Waals surface area contributed by atoms with Gasteiger partial charge in [0.15, 0.2) is 22.7 Å². The first-order chi connectivity index (χ1) is 11.7. The quantitative estimate of drug-likeness (QED) is 0.854. The Morgan fingerprint density at radius 2 is 1.88 bits per heavy atom. The predicted molar refractivity (Wildman–Crippen MR) is 101 cm³/mol. The van der Waals surface area contributed by atoms with Crippen molar-refractivity contribution >= 4 is 23.0 Å². The van der Waals surface area contributed by atoms with Gasteiger partial charge >= 0.3 is 0 Å². The van der Waals surface area contributed by atoms with Gasteiger partial charge in [0, 0.05) is 12.2 Å². The van der Waals surface area contributed by atoms with Crippen LogP contribution in [0.15, 0.2) is 48.5 Å². The molecule has 1 heterocycles. The second-order valence-corrected chi connectivity index (χ2v) is 6.17. The molecule has 0 amide bonds. The number of hydrogen-bond acceptors (Lipinski definition) is 3. The van der Waals surface area contributed by atoms with Crippen LogP contribution in [0.1, 0.15) is 12.5 Å². The van der Waals surface area contributed by atoms with Crippen molar-refractivity contribution in [3.63, 3.8) is 0 Å². The van der Waals surface area contributed by atoms with E-state index in [1.54, 1.807) is 0 Å². The maximum Gasteiger partial charge on any atom is 0.173 e. The molecule has 0 bridgehead atoms. The van der Waals surface area contributed by atoms with E-state index >= 15 is 0 Å². The number of aryl methyl sites for hydroxylation is 1. The van der Waals surface area contributed by atoms with Crippen LogP contribution in [0.25, 0.3) is 0 Å². The third-order valence-electron chi connectivity index (χ3n) is 4.05. The lowest BCUT2D eigenvalue weighted by Gasteiger charge is -2.32. The van der Waals surface area contributed by atoms with Crippen molar-refractivity contribution in [2.75, 3.05) is 25.0 Å². The van der Waals surface area contributed by atoms with Gasteiger partial charge in [-0.2, -0.15) is 0 Å². The zero-order valence-corrected chi connectivity index (χ0v) is 14.8. The van der Waals surface area contributed by atoms with E-state index in [2.05, 4.69) is 30.1 Å². The SMILES string of the molecule is CCN(C[C@@H]1COc2ccccc2O1)C(=S)Nc1ccccc1C. The van der Waals surface area contributed by atoms with Gasteiger partial charge in [-0.05, 0) is 49.8 Å². The highest BCUT2D eigenvalue weighted by Gasteiger charge is 2.23. The van der Waals surface area contributed by atoms with E-state index in [0.717, 1.165) is 23.7 Å². The van der Waals surface area contributed by atoms with Crippen molar-refractivity contribution in [1.29, 1.82) is 0 Å². The summed E-state index contributed by atoms with van der Waals surface area (Å²) in [5.74, 6) is 1.60. The molecule has 2 aromatic carbocycles. The van der Waals surface area contributed by atoms with Crippen LogP contribution in [0.5, 0.6) is 11.5 Å². The summed E-state index contributed by atoms with van der Waals surface area (Å²) in [6.07, 6.45) is -0.0449. The van der Waals surface area contributed by atoms with Crippen LogP contribution in [0.2, 0.25) is 0 Å². The second kappa shape index (κ2) is 7.53. The molecule has 0 fully saturated rings. The standard InChI is InChI=1S/C19H22N2O2S/c1-3-21(19(24)20-16-9-5-4-8-14(16)2)12-15-13-22-17-10-6-7-11-18(17)23-15/h4-11,15H,3,12-13H2,1-2H3,(H,20,24)/t15-/m1/s1. The van der Waals surface area contributed by atoms with E-state index in [-0.39, 0.29) is 6.10 Å². The first-order valence-electron chi connectivity index (χ1n) is 8.17. The number of nitrogens with one attached hydrogen (secondary N) is 1. The Bertz CT molecular complexity index is 720. The number of ether oxygens (including phenoxy) is 2. The molecule has 2 aromatic rings. The Hall–Kier alpha value is -2.27. The molecule has 24 heavy (non-hydrogen) atoms. The molecule has 1 N–H and O–H groups in total. The zero-order chi connectivity index (χ0) is 16.9. The van der Waals surface area contributed by atoms with Crippen LogP contribution in [0.4, 0.5) is 5.69 Å². The van der Waals surface area contributed by atoms with Gasteiger partial charge < -0.3 is 19.7 Å². The summed E-state index contributed by atoms with van der Waals surface area (Å²) in [4.78, 5) is 2.10. The van der Waals surface area contributed by atoms with Crippen molar-refractivity contribution < 1.29 is 9.47 Å². The van der Waals surface area contributed by atoms with Crippen LogP contribution >= 0.6 is 12.2 Å². The lowest BCUT2D eigenvalue weighted by atomic mass is 10.2. The molecule has 4 nitrogen and oxygen atoms in total. The number of hydrogen-bond donors (Lipinski definition) is 1. The molecule has 0 aliphatic carbocycles. The lowest BCUT2D eigenvalue weighted by Crippen LogP contribution is -2.45. The summed E-state index contributed by atoms with van der Waals surface area (Å²) in [7, 11) is 0. The Balaban J connectivity index is 1.63. The fraction of sp³-hybridized carbons (Fsp3) is 0.316. The van der Waals surface area contributed by atoms with Gasteiger partial charge in [0.1, 0.15) is 6.61 Å². The van der Waals surface area contributed by atoms with Gasteiger partial charge in [-0.3, -0.25) is 0 Å². The van der Waals surface area contributed by atoms with Crippen LogP contribution < -0.4 is 14.8 Å². The monoisotopic (exact) mass is 342 g/mol. The summed E-state index contributed by atoms with van der Waals surface area (Å²) >= 11 is 5.58. The normalized spacial score (nSPS) is 15.7. The number of benzene rings is 2. The molecule has 1 aliphatic rings. The molecular formula is C19H22N2O2S. The highest BCUT2D eigenvalue weighted by molar-refractivity contribution is 7.80. The van der Waals surface area contributed by atoms with Crippen molar-refractivity contribution in [3.8, 4) is 11.5 Å². The van der Waals surface area contributed by atoms with E-state index in [0.29, 0.717) is 18.3 Å². The largest absolute Gasteiger partial charge is 0.486 e. The second-order valence-electron chi connectivity index (χ2n) is 5.78. The Kier molecular flexibility index (Phi) is 5.20. The Morgan fingerprint density at radius 3 is 2.62 bits per heavy atom. The first-order valence-corrected chi connectivity index (χ1v) is 8.58. The zero-order valence-electron chi connectivity index (χ0n) is 14.0. The molecule has 0 aromatic heterocycles. The average molecular weight is 342 g/mol. The summed E-state index contributed by atoms with van der Waals surface area (Å²) in [5.41, 5.74) is 2.20. The van der Waals surface area contributed by atoms with E-state index in [1.807, 2.05) is 42.5 Å². The smallest absolute Gasteiger partial charge is 0.173 e. The van der Waals surface area contributed by atoms with Gasteiger partial charge in [0.05, 0.1) is 6.54 Å². The fourth-order valence-corrected chi connectivity index (χ4v) is 2.98. The number of likely N-dealkylation sites (N-methyl/N-ethyl adjacent to an activating group) is 1. The molecule has 0 radical (unpaired) electrons. The number of fused-ring (bicyclic) bond motifs is 1. The number of para-hydroxylation sites is 3. The Labute approximate surface area is 148 Å². The van der Waals surface area contributed by atoms with E-state index in [9.17, 15) is 0 Å². The highest BCUT2D eigenvalue weighted by atomic mass is 32.1. The maximum atomic E-state index is 6.03. The summed E-state index contributed by atoms with van der Waals surface area (Å²) < 4.78 is 11.8. The van der Waals surface area contributed by atoms with E-state index in [4.69, 9.17) is 21.7 Å². The minimum atomic E-state index is -0.0449. The molecule has 0 unspecified atom stereocenters. The molecule has 0 saturated carbocycles. The third kappa shape index (κ3) is 3.79. The minimum absolute atomic E-state index is 0.0449. The van der Waals surface area contributed by atoms with Gasteiger partial charge in [-0.25, -0.2) is 0 Å². The summed E-state index contributed by atoms with van der Waals surface area (Å²) in [5, 5.41) is 4.03. The van der Waals surface area contributed by atoms with Crippen LogP contribution in [0, 0.1) is 6.92 Å². The lowest BCUT2D eigenvalue weighted by molar-refractivity contribution is 0.0754. The van der Waals surface area contributed by atoms with Crippen molar-refractivity contribution in [3.05, 3.63) is 54.1 Å². The van der Waals surface area contributed by atoms with Crippen molar-refractivity contribution in [2.45, 2.75) is 20.0 Å². The fourth-order valence-electron chi connectivity index (χ4n) is 2.66. The third-order valence-corrected chi connectivity index (χ3v) is 4.41. The minimum Gasteiger partial charge on any atom is -0.486 e. The van der Waals surface area contributed by atoms with E-state index < -0.39 is 0 Å². The first kappa shape index (κ1) is 16.6. The number of thiocarbonyl (C=S) groups is 1.